The van der Waals surface area contributed by atoms with E-state index in [4.69, 9.17) is 4.74 Å². The molecule has 5 rings (SSSR count). The van der Waals surface area contributed by atoms with Crippen molar-refractivity contribution in [2.75, 3.05) is 19.0 Å². The number of hydrogen-bond donors (Lipinski definition) is 1. The molecule has 1 aliphatic heterocycles. The van der Waals surface area contributed by atoms with Gasteiger partial charge in [0, 0.05) is 30.3 Å². The summed E-state index contributed by atoms with van der Waals surface area (Å²) in [5.74, 6) is 1.43. The molecule has 1 saturated carbocycles. The van der Waals surface area contributed by atoms with Crippen molar-refractivity contribution >= 4 is 15.7 Å². The summed E-state index contributed by atoms with van der Waals surface area (Å²) in [5.41, 5.74) is 3.26. The van der Waals surface area contributed by atoms with Crippen molar-refractivity contribution in [2.45, 2.75) is 68.3 Å². The van der Waals surface area contributed by atoms with Gasteiger partial charge in [-0.15, -0.1) is 0 Å². The van der Waals surface area contributed by atoms with Gasteiger partial charge in [0.1, 0.15) is 5.75 Å². The first-order valence-corrected chi connectivity index (χ1v) is 13.7. The molecule has 0 amide bonds. The summed E-state index contributed by atoms with van der Waals surface area (Å²) in [4.78, 5) is 0.406. The highest BCUT2D eigenvalue weighted by atomic mass is 32.2. The van der Waals surface area contributed by atoms with Crippen molar-refractivity contribution in [3.8, 4) is 5.75 Å². The number of sulfonamides is 1. The van der Waals surface area contributed by atoms with Crippen LogP contribution in [0, 0.1) is 5.92 Å². The topological polar surface area (TPSA) is 58.6 Å². The molecule has 1 fully saturated rings. The van der Waals surface area contributed by atoms with Gasteiger partial charge in [-0.25, -0.2) is 8.42 Å². The highest BCUT2D eigenvalue weighted by Gasteiger charge is 2.40. The average molecular weight is 467 g/mol. The highest BCUT2D eigenvalue weighted by molar-refractivity contribution is 7.89. The third-order valence-corrected chi connectivity index (χ3v) is 9.56. The molecule has 2 aromatic carbocycles. The molecule has 6 heteroatoms. The minimum absolute atomic E-state index is 0.108. The van der Waals surface area contributed by atoms with Crippen LogP contribution < -0.4 is 10.1 Å². The van der Waals surface area contributed by atoms with Gasteiger partial charge in [-0.05, 0) is 61.9 Å². The molecule has 0 saturated heterocycles. The fourth-order valence-corrected chi connectivity index (χ4v) is 7.32. The molecule has 0 bridgehead atoms. The van der Waals surface area contributed by atoms with E-state index in [0.29, 0.717) is 17.4 Å². The van der Waals surface area contributed by atoms with Crippen molar-refractivity contribution in [2.24, 2.45) is 5.92 Å². The Morgan fingerprint density at radius 1 is 1.06 bits per heavy atom. The van der Waals surface area contributed by atoms with Gasteiger partial charge in [0.05, 0.1) is 17.5 Å². The molecule has 0 aromatic heterocycles. The third-order valence-electron chi connectivity index (χ3n) is 7.65. The molecular weight excluding hydrogens is 432 g/mol. The van der Waals surface area contributed by atoms with Crippen molar-refractivity contribution in [3.63, 3.8) is 0 Å². The first-order chi connectivity index (χ1) is 16.0. The summed E-state index contributed by atoms with van der Waals surface area (Å²) in [6, 6.07) is 14.1. The number of fused-ring (bicyclic) bond motifs is 3. The number of benzene rings is 2. The van der Waals surface area contributed by atoms with Gasteiger partial charge in [0.2, 0.25) is 10.0 Å². The van der Waals surface area contributed by atoms with Crippen LogP contribution in [0.15, 0.2) is 59.5 Å². The summed E-state index contributed by atoms with van der Waals surface area (Å²) in [7, 11) is -1.77. The lowest BCUT2D eigenvalue weighted by molar-refractivity contribution is 0.286. The number of nitrogens with zero attached hydrogens (tertiary/aromatic N) is 1. The maximum atomic E-state index is 13.5. The molecule has 3 atom stereocenters. The standard InChI is InChI=1S/C27H34N2O3S/c1-3-32-26-15-8-7-12-23(26)27-22-14-9-13-21(22)24-18-20(16-17-25(24)28-27)33(30,31)29(2)19-10-5-4-6-11-19/h7-9,12-13,15-19,21-22,27-28H,3-6,10-11,14H2,1-2H3. The lowest BCUT2D eigenvalue weighted by atomic mass is 9.77. The molecule has 5 nitrogen and oxygen atoms in total. The van der Waals surface area contributed by atoms with Gasteiger partial charge in [-0.1, -0.05) is 49.6 Å². The van der Waals surface area contributed by atoms with Gasteiger partial charge in [0.15, 0.2) is 0 Å². The molecule has 3 unspecified atom stereocenters. The molecule has 33 heavy (non-hydrogen) atoms. The number of nitrogens with one attached hydrogen (secondary N) is 1. The van der Waals surface area contributed by atoms with E-state index in [9.17, 15) is 8.42 Å². The van der Waals surface area contributed by atoms with Gasteiger partial charge >= 0.3 is 0 Å². The Morgan fingerprint density at radius 3 is 2.64 bits per heavy atom. The van der Waals surface area contributed by atoms with E-state index in [0.717, 1.165) is 54.7 Å². The van der Waals surface area contributed by atoms with E-state index in [2.05, 4.69) is 29.6 Å². The van der Waals surface area contributed by atoms with E-state index in [-0.39, 0.29) is 18.0 Å². The van der Waals surface area contributed by atoms with Crippen LogP contribution >= 0.6 is 0 Å². The summed E-state index contributed by atoms with van der Waals surface area (Å²) in [6.07, 6.45) is 10.8. The Morgan fingerprint density at radius 2 is 1.85 bits per heavy atom. The van der Waals surface area contributed by atoms with E-state index >= 15 is 0 Å². The van der Waals surface area contributed by atoms with Crippen LogP contribution in [0.2, 0.25) is 0 Å². The second-order valence-electron chi connectivity index (χ2n) is 9.51. The summed E-state index contributed by atoms with van der Waals surface area (Å²) < 4.78 is 34.5. The Kier molecular flexibility index (Phi) is 6.23. The van der Waals surface area contributed by atoms with E-state index in [1.807, 2.05) is 31.2 Å². The minimum atomic E-state index is -3.52. The molecule has 0 spiro atoms. The van der Waals surface area contributed by atoms with Crippen LogP contribution in [0.1, 0.15) is 68.5 Å². The predicted molar refractivity (Wildman–Crippen MR) is 132 cm³/mol. The maximum absolute atomic E-state index is 13.5. The molecule has 2 aliphatic carbocycles. The van der Waals surface area contributed by atoms with Gasteiger partial charge in [-0.2, -0.15) is 4.31 Å². The molecule has 1 heterocycles. The highest BCUT2D eigenvalue weighted by Crippen LogP contribution is 2.51. The summed E-state index contributed by atoms with van der Waals surface area (Å²) in [6.45, 7) is 2.63. The van der Waals surface area contributed by atoms with Crippen molar-refractivity contribution in [1.82, 2.24) is 4.31 Å². The first kappa shape index (κ1) is 22.5. The monoisotopic (exact) mass is 466 g/mol. The Balaban J connectivity index is 1.48. The Labute approximate surface area is 197 Å². The van der Waals surface area contributed by atoms with Gasteiger partial charge in [0.25, 0.3) is 0 Å². The fraction of sp³-hybridized carbons (Fsp3) is 0.481. The van der Waals surface area contributed by atoms with Crippen LogP contribution in [0.4, 0.5) is 5.69 Å². The SMILES string of the molecule is CCOc1ccccc1C1Nc2ccc(S(=O)(=O)N(C)C3CCCCC3)cc2C2C=CCC21. The van der Waals surface area contributed by atoms with E-state index in [1.165, 1.54) is 6.42 Å². The van der Waals surface area contributed by atoms with Crippen molar-refractivity contribution < 1.29 is 13.2 Å². The van der Waals surface area contributed by atoms with Gasteiger partial charge in [-0.3, -0.25) is 0 Å². The predicted octanol–water partition coefficient (Wildman–Crippen LogP) is 5.87. The molecule has 3 aliphatic rings. The van der Waals surface area contributed by atoms with E-state index in [1.54, 1.807) is 17.4 Å². The maximum Gasteiger partial charge on any atom is 0.243 e. The van der Waals surface area contributed by atoms with E-state index < -0.39 is 10.0 Å². The minimum Gasteiger partial charge on any atom is -0.494 e. The molecule has 176 valence electrons. The Bertz CT molecular complexity index is 1140. The number of rotatable bonds is 6. The van der Waals surface area contributed by atoms with Crippen LogP contribution in [-0.2, 0) is 10.0 Å². The van der Waals surface area contributed by atoms with Crippen molar-refractivity contribution in [1.29, 1.82) is 0 Å². The average Bonchev–Trinajstić information content (AvgIpc) is 3.34. The molecule has 0 radical (unpaired) electrons. The van der Waals surface area contributed by atoms with Gasteiger partial charge < -0.3 is 10.1 Å². The number of allylic oxidation sites excluding steroid dienone is 2. The normalized spacial score (nSPS) is 24.9. The van der Waals surface area contributed by atoms with Crippen LogP contribution in [0.5, 0.6) is 5.75 Å². The zero-order valence-corrected chi connectivity index (χ0v) is 20.4. The van der Waals surface area contributed by atoms with Crippen LogP contribution in [0.25, 0.3) is 0 Å². The zero-order valence-electron chi connectivity index (χ0n) is 19.5. The number of ether oxygens (including phenoxy) is 1. The molecule has 2 aromatic rings. The summed E-state index contributed by atoms with van der Waals surface area (Å²) in [5, 5.41) is 3.73. The lowest BCUT2D eigenvalue weighted by Crippen LogP contribution is -2.38. The fourth-order valence-electron chi connectivity index (χ4n) is 5.87. The lowest BCUT2D eigenvalue weighted by Gasteiger charge is -2.38. The molecule has 1 N–H and O–H groups in total. The van der Waals surface area contributed by atoms with Crippen LogP contribution in [0.3, 0.4) is 0 Å². The number of hydrogen-bond acceptors (Lipinski definition) is 4. The quantitative estimate of drug-likeness (QED) is 0.541. The second-order valence-corrected chi connectivity index (χ2v) is 11.5. The second kappa shape index (κ2) is 9.15. The largest absolute Gasteiger partial charge is 0.494 e. The summed E-state index contributed by atoms with van der Waals surface area (Å²) >= 11 is 0. The first-order valence-electron chi connectivity index (χ1n) is 12.3. The third kappa shape index (κ3) is 4.08. The Hall–Kier alpha value is -2.31. The number of anilines is 1. The van der Waals surface area contributed by atoms with Crippen molar-refractivity contribution in [3.05, 3.63) is 65.7 Å². The van der Waals surface area contributed by atoms with Crippen LogP contribution in [-0.4, -0.2) is 32.4 Å². The zero-order chi connectivity index (χ0) is 23.0. The molecular formula is C27H34N2O3S. The number of para-hydroxylation sites is 1. The smallest absolute Gasteiger partial charge is 0.243 e.